The van der Waals surface area contributed by atoms with Crippen molar-refractivity contribution in [2.45, 2.75) is 71.1 Å². The molecular formula is C60H54ClF3N18O3S2. The van der Waals surface area contributed by atoms with E-state index >= 15 is 0 Å². The minimum absolute atomic E-state index is 0. The number of amides is 1. The molecule has 8 aromatic heterocycles. The van der Waals surface area contributed by atoms with Crippen LogP contribution in [-0.4, -0.2) is 98.2 Å². The van der Waals surface area contributed by atoms with Crippen molar-refractivity contribution in [3.8, 4) is 56.9 Å². The van der Waals surface area contributed by atoms with Crippen LogP contribution >= 0.6 is 35.1 Å². The predicted octanol–water partition coefficient (Wildman–Crippen LogP) is 12.3. The Balaban J connectivity index is 0.000000217. The minimum atomic E-state index is -1.19. The topological polar surface area (TPSA) is 267 Å². The van der Waals surface area contributed by atoms with Gasteiger partial charge in [-0.3, -0.25) is 38.7 Å². The molecule has 0 radical (unpaired) electrons. The van der Waals surface area contributed by atoms with Crippen molar-refractivity contribution in [2.24, 2.45) is 5.73 Å². The first-order valence-electron chi connectivity index (χ1n) is 26.6. The number of aryl methyl sites for hydroxylation is 2. The molecule has 442 valence electrons. The standard InChI is InChI=1S/C29H22FN9OS.C25H18FN7O2S.C4H6N2.CH3F.CH4.ClH/c1-4-21-27(38(3)28-36-24(22(13-31)41-28)17-5-8-20(30)9-6-17)39-16-18(7-10-23(39)35-21)19-14-33-25(34-15-19)26(40)37-29(32-2)11-12-29;1-3-18-23(32(2)25-31-21(19(10-27)36-25)14-4-7-17(26)8-5-14)33-13-15(6-9-20(33)30-18)16-11-28-22(24(34)35)29-12-16;1-6-4(5)2-3-4;1-2;;/h5-10,14-16H,4,11-12H2,1,3H3,(H,37,40);4-9,11-13H,3H2,1-2H3,(H,34,35);2-3,5H2;1H3;1H4;1H/i;;;1D;;. The molecule has 2 aromatic carbocycles. The summed E-state index contributed by atoms with van der Waals surface area (Å²) >= 11 is 2.49. The van der Waals surface area contributed by atoms with E-state index in [4.69, 9.17) is 45.3 Å². The number of aromatic nitrogens is 10. The number of imidazole rings is 2. The molecular weight excluding hydrogens is 1180 g/mol. The molecule has 0 atom stereocenters. The third-order valence-electron chi connectivity index (χ3n) is 13.5. The number of carbonyl (C=O) groups is 2. The maximum Gasteiger partial charge on any atom is 0.373 e. The van der Waals surface area contributed by atoms with Crippen LogP contribution in [0.5, 0.6) is 0 Å². The maximum atomic E-state index is 13.5. The zero-order valence-corrected chi connectivity index (χ0v) is 48.6. The van der Waals surface area contributed by atoms with Gasteiger partial charge in [0.1, 0.15) is 67.8 Å². The predicted molar refractivity (Wildman–Crippen MR) is 329 cm³/mol. The van der Waals surface area contributed by atoms with Gasteiger partial charge in [-0.25, -0.2) is 66.6 Å². The molecule has 21 nitrogen and oxygen atoms in total. The highest BCUT2D eigenvalue weighted by Crippen LogP contribution is 2.40. The van der Waals surface area contributed by atoms with E-state index in [0.717, 1.165) is 58.3 Å². The molecule has 2 aliphatic carbocycles. The molecule has 0 unspecified atom stereocenters. The van der Waals surface area contributed by atoms with Gasteiger partial charge < -0.3 is 14.9 Å². The Morgan fingerprint density at radius 3 is 1.40 bits per heavy atom. The van der Waals surface area contributed by atoms with Crippen LogP contribution in [0, 0.1) is 47.4 Å². The monoisotopic (exact) mass is 1230 g/mol. The summed E-state index contributed by atoms with van der Waals surface area (Å²) in [6.07, 6.45) is 14.3. The van der Waals surface area contributed by atoms with Crippen molar-refractivity contribution < 1.29 is 29.2 Å². The van der Waals surface area contributed by atoms with Crippen LogP contribution in [0.1, 0.15) is 90.7 Å². The Morgan fingerprint density at radius 1 is 0.690 bits per heavy atom. The molecule has 8 heterocycles. The number of nitrogens with two attached hydrogens (primary N) is 1. The van der Waals surface area contributed by atoms with E-state index in [1.807, 2.05) is 83.2 Å². The fourth-order valence-corrected chi connectivity index (χ4v) is 10.3. The van der Waals surface area contributed by atoms with E-state index < -0.39 is 30.4 Å². The van der Waals surface area contributed by atoms with Gasteiger partial charge in [0.15, 0.2) is 10.3 Å². The number of rotatable bonds is 13. The first-order chi connectivity index (χ1) is 41.4. The van der Waals surface area contributed by atoms with Crippen molar-refractivity contribution in [2.75, 3.05) is 31.0 Å². The number of carbonyl (C=O) groups excluding carboxylic acids is 1. The Morgan fingerprint density at radius 2 is 1.08 bits per heavy atom. The van der Waals surface area contributed by atoms with Crippen molar-refractivity contribution in [3.63, 3.8) is 0 Å². The molecule has 0 saturated heterocycles. The van der Waals surface area contributed by atoms with Gasteiger partial charge in [-0.05, 0) is 85.6 Å². The number of hydrogen-bond donors (Lipinski definition) is 3. The summed E-state index contributed by atoms with van der Waals surface area (Å²) in [4.78, 5) is 70.1. The van der Waals surface area contributed by atoms with Crippen molar-refractivity contribution in [1.82, 2.24) is 54.0 Å². The van der Waals surface area contributed by atoms with Crippen molar-refractivity contribution in [1.29, 1.82) is 10.5 Å². The third-order valence-corrected chi connectivity index (χ3v) is 15.6. The highest BCUT2D eigenvalue weighted by Gasteiger charge is 2.53. The maximum absolute atomic E-state index is 13.5. The smallest absolute Gasteiger partial charge is 0.373 e. The normalized spacial score (nSPS) is 12.8. The fraction of sp³-hybridized carbons (Fsp3) is 0.233. The van der Waals surface area contributed by atoms with Crippen molar-refractivity contribution in [3.05, 3.63) is 177 Å². The zero-order valence-electron chi connectivity index (χ0n) is 47.2. The quantitative estimate of drug-likeness (QED) is 0.0906. The molecule has 0 spiro atoms. The third kappa shape index (κ3) is 13.8. The summed E-state index contributed by atoms with van der Waals surface area (Å²) in [6.45, 7) is 17.7. The number of carboxylic acids is 1. The average molecular weight is 1230 g/mol. The summed E-state index contributed by atoms with van der Waals surface area (Å²) in [6, 6.07) is 23.7. The highest BCUT2D eigenvalue weighted by molar-refractivity contribution is 7.17. The molecule has 4 N–H and O–H groups in total. The van der Waals surface area contributed by atoms with E-state index in [-0.39, 0.29) is 43.1 Å². The van der Waals surface area contributed by atoms with Gasteiger partial charge in [-0.15, -0.1) is 12.4 Å². The molecule has 0 aliphatic heterocycles. The molecule has 1 amide bonds. The number of fused-ring (bicyclic) bond motifs is 2. The summed E-state index contributed by atoms with van der Waals surface area (Å²) in [5.74, 6) is -1.07. The number of pyridine rings is 2. The number of thiazole rings is 2. The largest absolute Gasteiger partial charge is 0.475 e. The lowest BCUT2D eigenvalue weighted by molar-refractivity contribution is 0.0683. The highest BCUT2D eigenvalue weighted by atomic mass is 35.5. The van der Waals surface area contributed by atoms with E-state index in [0.29, 0.717) is 79.3 Å². The van der Waals surface area contributed by atoms with Crippen LogP contribution in [0.15, 0.2) is 110 Å². The second-order valence-corrected chi connectivity index (χ2v) is 21.1. The average Bonchev–Trinajstić information content (AvgIpc) is 2.32. The summed E-state index contributed by atoms with van der Waals surface area (Å²) in [7, 11) is 2.73. The molecule has 2 fully saturated rings. The zero-order chi connectivity index (χ0) is 61.5. The number of nitrogens with one attached hydrogen (secondary N) is 1. The molecule has 0 bridgehead atoms. The summed E-state index contributed by atoms with van der Waals surface area (Å²) < 4.78 is 46.3. The lowest BCUT2D eigenvalue weighted by Gasteiger charge is -2.17. The van der Waals surface area contributed by atoms with E-state index in [9.17, 15) is 33.3 Å². The fourth-order valence-electron chi connectivity index (χ4n) is 8.60. The first kappa shape index (κ1) is 62.8. The minimum Gasteiger partial charge on any atom is -0.475 e. The van der Waals surface area contributed by atoms with Gasteiger partial charge in [-0.2, -0.15) is 10.5 Å². The van der Waals surface area contributed by atoms with Crippen LogP contribution in [0.25, 0.3) is 65.8 Å². The molecule has 2 saturated carbocycles. The first-order valence-corrected chi connectivity index (χ1v) is 27.5. The molecule has 10 aromatic rings. The number of halogens is 4. The van der Waals surface area contributed by atoms with Crippen LogP contribution in [-0.2, 0) is 12.8 Å². The van der Waals surface area contributed by atoms with Crippen LogP contribution in [0.4, 0.5) is 35.1 Å². The van der Waals surface area contributed by atoms with Gasteiger partial charge in [-0.1, -0.05) is 43.9 Å². The molecule has 87 heavy (non-hydrogen) atoms. The molecule has 27 heteroatoms. The Bertz CT molecular complexity index is 4340. The molecule has 2 aliphatic rings. The van der Waals surface area contributed by atoms with Gasteiger partial charge >= 0.3 is 11.6 Å². The number of anilines is 4. The Hall–Kier alpha value is -10.2. The summed E-state index contributed by atoms with van der Waals surface area (Å²) in [5, 5.41) is 32.4. The number of benzene rings is 2. The van der Waals surface area contributed by atoms with Gasteiger partial charge in [0.05, 0.1) is 32.8 Å². The van der Waals surface area contributed by atoms with E-state index in [1.54, 1.807) is 36.7 Å². The second kappa shape index (κ2) is 27.2. The van der Waals surface area contributed by atoms with Gasteiger partial charge in [0.2, 0.25) is 11.6 Å². The van der Waals surface area contributed by atoms with Gasteiger partial charge in [0.25, 0.3) is 11.6 Å². The van der Waals surface area contributed by atoms with Crippen LogP contribution < -0.4 is 20.9 Å². The van der Waals surface area contributed by atoms with Crippen LogP contribution in [0.3, 0.4) is 0 Å². The number of nitriles is 2. The number of hydrogen-bond acceptors (Lipinski definition) is 17. The number of aromatic carboxylic acids is 1. The second-order valence-electron chi connectivity index (χ2n) is 19.2. The van der Waals surface area contributed by atoms with Crippen molar-refractivity contribution >= 4 is 80.2 Å². The lowest BCUT2D eigenvalue weighted by Crippen LogP contribution is -2.35. The number of carboxylic acid groups (broad SMARTS) is 1. The summed E-state index contributed by atoms with van der Waals surface area (Å²) in [5.41, 5.74) is 12.4. The lowest BCUT2D eigenvalue weighted by atomic mass is 10.1. The SMILES string of the molecule is C.CCc1nc2ccc(-c3cnc(C(=O)O)nc3)cn2c1N(C)c1nc(-c2ccc(F)cc2)c(C#N)s1.Cl.[2H]CF.[C-]#[N+]C1(N)CC1.[C-]#[N+]C1(NC(=O)c2ncc(-c3ccc4nc(CC)c(N(C)c5nc(-c6ccc(F)cc6)c(C#N)s5)n4c3)cn2)CC1. The molecule has 12 rings (SSSR count). The Labute approximate surface area is 513 Å². The Kier molecular flexibility index (Phi) is 19.7. The number of nitrogens with zero attached hydrogens (tertiary/aromatic N) is 16. The van der Waals surface area contributed by atoms with Gasteiger partial charge in [0, 0.05) is 97.5 Å². The van der Waals surface area contributed by atoms with E-state index in [2.05, 4.69) is 47.1 Å². The van der Waals surface area contributed by atoms with E-state index in [1.165, 1.54) is 59.3 Å². The number of alkyl halides is 1. The van der Waals surface area contributed by atoms with Crippen LogP contribution in [0.2, 0.25) is 0 Å².